The summed E-state index contributed by atoms with van der Waals surface area (Å²) in [6, 6.07) is 6.79. The van der Waals surface area contributed by atoms with E-state index in [1.165, 1.54) is 0 Å². The summed E-state index contributed by atoms with van der Waals surface area (Å²) >= 11 is 12.1. The normalized spacial score (nSPS) is 12.2. The zero-order chi connectivity index (χ0) is 16.1. The first-order chi connectivity index (χ1) is 10.5. The molecule has 0 fully saturated rings. The highest BCUT2D eigenvalue weighted by Crippen LogP contribution is 2.25. The lowest BCUT2D eigenvalue weighted by Gasteiger charge is -2.14. The Hall–Kier alpha value is -1.49. The van der Waals surface area contributed by atoms with Crippen LogP contribution in [0.15, 0.2) is 34.9 Å². The van der Waals surface area contributed by atoms with E-state index in [1.807, 2.05) is 6.07 Å². The van der Waals surface area contributed by atoms with E-state index in [4.69, 9.17) is 27.6 Å². The number of hydrogen-bond acceptors (Lipinski definition) is 3. The van der Waals surface area contributed by atoms with Crippen LogP contribution in [0.2, 0.25) is 10.0 Å². The van der Waals surface area contributed by atoms with E-state index >= 15 is 0 Å². The average Bonchev–Trinajstić information content (AvgIpc) is 3.01. The molecule has 0 spiro atoms. The first-order valence-corrected chi connectivity index (χ1v) is 7.64. The number of carbonyl (C=O) groups excluding carboxylic acids is 1. The summed E-state index contributed by atoms with van der Waals surface area (Å²) in [4.78, 5) is 12.1. The van der Waals surface area contributed by atoms with Crippen LogP contribution in [0.1, 0.15) is 21.7 Å². The molecule has 0 aliphatic carbocycles. The Morgan fingerprint density at radius 2 is 2.05 bits per heavy atom. The van der Waals surface area contributed by atoms with Crippen molar-refractivity contribution in [1.29, 1.82) is 0 Å². The molecule has 0 unspecified atom stereocenters. The number of nitrogens with one attached hydrogen (secondary N) is 1. The summed E-state index contributed by atoms with van der Waals surface area (Å²) in [5, 5.41) is 13.1. The van der Waals surface area contributed by atoms with Crippen molar-refractivity contribution < 1.29 is 14.3 Å². The molecule has 0 saturated heterocycles. The molecular formula is C16H17Cl2NO3. The fourth-order valence-electron chi connectivity index (χ4n) is 2.03. The van der Waals surface area contributed by atoms with Crippen LogP contribution in [0.3, 0.4) is 0 Å². The van der Waals surface area contributed by atoms with Crippen molar-refractivity contribution in [3.05, 3.63) is 57.5 Å². The van der Waals surface area contributed by atoms with Gasteiger partial charge >= 0.3 is 0 Å². The number of furan rings is 1. The van der Waals surface area contributed by atoms with Crippen molar-refractivity contribution in [3.8, 4) is 0 Å². The summed E-state index contributed by atoms with van der Waals surface area (Å²) in [7, 11) is 0. The molecule has 4 nitrogen and oxygen atoms in total. The molecule has 0 bridgehead atoms. The molecule has 0 radical (unpaired) electrons. The molecule has 0 aliphatic heterocycles. The number of amides is 1. The summed E-state index contributed by atoms with van der Waals surface area (Å²) < 4.78 is 5.24. The standard InChI is InChI=1S/C16H17Cl2NO3/c1-10-14(17)6-12(7-15(10)18)16(21)19-8-11(9-20)5-13-3-2-4-22-13/h2-4,6-7,11,20H,5,8-9H2,1H3,(H,19,21)/t11-/m1/s1. The van der Waals surface area contributed by atoms with Gasteiger partial charge in [-0.15, -0.1) is 0 Å². The summed E-state index contributed by atoms with van der Waals surface area (Å²) in [6.45, 7) is 2.08. The fourth-order valence-corrected chi connectivity index (χ4v) is 2.52. The van der Waals surface area contributed by atoms with Crippen LogP contribution in [-0.4, -0.2) is 24.2 Å². The van der Waals surface area contributed by atoms with Crippen LogP contribution in [0.25, 0.3) is 0 Å². The van der Waals surface area contributed by atoms with Crippen LogP contribution in [0.5, 0.6) is 0 Å². The SMILES string of the molecule is Cc1c(Cl)cc(C(=O)NC[C@H](CO)Cc2ccco2)cc1Cl. The molecule has 2 aromatic rings. The van der Waals surface area contributed by atoms with Crippen molar-refractivity contribution in [2.75, 3.05) is 13.2 Å². The molecule has 1 aromatic heterocycles. The van der Waals surface area contributed by atoms with Crippen LogP contribution < -0.4 is 5.32 Å². The third-order valence-corrected chi connectivity index (χ3v) is 4.21. The maximum atomic E-state index is 12.1. The number of aliphatic hydroxyl groups excluding tert-OH is 1. The number of aliphatic hydroxyl groups is 1. The van der Waals surface area contributed by atoms with Crippen molar-refractivity contribution in [1.82, 2.24) is 5.32 Å². The van der Waals surface area contributed by atoms with Gasteiger partial charge in [0.25, 0.3) is 5.91 Å². The van der Waals surface area contributed by atoms with E-state index in [1.54, 1.807) is 31.4 Å². The lowest BCUT2D eigenvalue weighted by molar-refractivity contribution is 0.0939. The van der Waals surface area contributed by atoms with E-state index in [-0.39, 0.29) is 18.4 Å². The minimum atomic E-state index is -0.276. The minimum absolute atomic E-state index is 0.0452. The second kappa shape index (κ2) is 7.68. The highest BCUT2D eigenvalue weighted by Gasteiger charge is 2.14. The highest BCUT2D eigenvalue weighted by atomic mass is 35.5. The van der Waals surface area contributed by atoms with Gasteiger partial charge in [-0.2, -0.15) is 0 Å². The van der Waals surface area contributed by atoms with Gasteiger partial charge in [0.1, 0.15) is 5.76 Å². The van der Waals surface area contributed by atoms with Crippen LogP contribution in [0, 0.1) is 12.8 Å². The Morgan fingerprint density at radius 1 is 1.36 bits per heavy atom. The van der Waals surface area contributed by atoms with Crippen molar-refractivity contribution in [2.45, 2.75) is 13.3 Å². The summed E-state index contributed by atoms with van der Waals surface area (Å²) in [5.41, 5.74) is 1.14. The number of benzene rings is 1. The third kappa shape index (κ3) is 4.26. The average molecular weight is 342 g/mol. The lowest BCUT2D eigenvalue weighted by atomic mass is 10.0. The van der Waals surface area contributed by atoms with E-state index < -0.39 is 0 Å². The first kappa shape index (κ1) is 16.9. The van der Waals surface area contributed by atoms with Gasteiger partial charge in [0.2, 0.25) is 0 Å². The molecular weight excluding hydrogens is 325 g/mol. The van der Waals surface area contributed by atoms with Crippen molar-refractivity contribution >= 4 is 29.1 Å². The van der Waals surface area contributed by atoms with Crippen molar-refractivity contribution in [3.63, 3.8) is 0 Å². The number of hydrogen-bond donors (Lipinski definition) is 2. The first-order valence-electron chi connectivity index (χ1n) is 6.88. The molecule has 1 atom stereocenters. The predicted molar refractivity (Wildman–Crippen MR) is 86.5 cm³/mol. The molecule has 6 heteroatoms. The molecule has 1 aromatic carbocycles. The van der Waals surface area contributed by atoms with Gasteiger partial charge in [-0.05, 0) is 36.8 Å². The van der Waals surface area contributed by atoms with Crippen LogP contribution in [-0.2, 0) is 6.42 Å². The third-order valence-electron chi connectivity index (χ3n) is 3.42. The van der Waals surface area contributed by atoms with Gasteiger partial charge in [0.15, 0.2) is 0 Å². The molecule has 1 heterocycles. The van der Waals surface area contributed by atoms with Gasteiger partial charge in [-0.25, -0.2) is 0 Å². The Bertz CT molecular complexity index is 618. The van der Waals surface area contributed by atoms with Gasteiger partial charge in [0.05, 0.1) is 6.26 Å². The number of carbonyl (C=O) groups is 1. The quantitative estimate of drug-likeness (QED) is 0.845. The molecule has 2 rings (SSSR count). The summed E-state index contributed by atoms with van der Waals surface area (Å²) in [5.74, 6) is 0.378. The number of rotatable bonds is 6. The molecule has 22 heavy (non-hydrogen) atoms. The molecule has 1 amide bonds. The van der Waals surface area contributed by atoms with Gasteiger partial charge in [-0.3, -0.25) is 4.79 Å². The molecule has 118 valence electrons. The van der Waals surface area contributed by atoms with Gasteiger partial charge in [0, 0.05) is 41.1 Å². The lowest BCUT2D eigenvalue weighted by Crippen LogP contribution is -2.31. The van der Waals surface area contributed by atoms with E-state index in [2.05, 4.69) is 5.32 Å². The molecule has 0 aliphatic rings. The maximum Gasteiger partial charge on any atom is 0.251 e. The Kier molecular flexibility index (Phi) is 5.89. The zero-order valence-corrected chi connectivity index (χ0v) is 13.6. The largest absolute Gasteiger partial charge is 0.469 e. The van der Waals surface area contributed by atoms with Crippen LogP contribution >= 0.6 is 23.2 Å². The molecule has 2 N–H and O–H groups in total. The van der Waals surface area contributed by atoms with Crippen LogP contribution in [0.4, 0.5) is 0 Å². The van der Waals surface area contributed by atoms with E-state index in [9.17, 15) is 9.90 Å². The second-order valence-electron chi connectivity index (χ2n) is 5.11. The summed E-state index contributed by atoms with van der Waals surface area (Å²) in [6.07, 6.45) is 2.14. The predicted octanol–water partition coefficient (Wildman–Crippen LogP) is 3.48. The van der Waals surface area contributed by atoms with Gasteiger partial charge < -0.3 is 14.8 Å². The topological polar surface area (TPSA) is 62.5 Å². The smallest absolute Gasteiger partial charge is 0.251 e. The minimum Gasteiger partial charge on any atom is -0.469 e. The Morgan fingerprint density at radius 3 is 2.59 bits per heavy atom. The maximum absolute atomic E-state index is 12.1. The van der Waals surface area contributed by atoms with Gasteiger partial charge in [-0.1, -0.05) is 23.2 Å². The van der Waals surface area contributed by atoms with Crippen molar-refractivity contribution in [2.24, 2.45) is 5.92 Å². The number of halogens is 2. The monoisotopic (exact) mass is 341 g/mol. The Labute approximate surface area is 139 Å². The fraction of sp³-hybridized carbons (Fsp3) is 0.312. The van der Waals surface area contributed by atoms with E-state index in [0.717, 1.165) is 11.3 Å². The second-order valence-corrected chi connectivity index (χ2v) is 5.92. The van der Waals surface area contributed by atoms with E-state index in [0.29, 0.717) is 28.6 Å². The highest BCUT2D eigenvalue weighted by molar-refractivity contribution is 6.36. The molecule has 0 saturated carbocycles. The Balaban J connectivity index is 1.96. The zero-order valence-electron chi connectivity index (χ0n) is 12.1.